The van der Waals surface area contributed by atoms with Gasteiger partial charge in [-0.3, -0.25) is 4.79 Å². The normalized spacial score (nSPS) is 27.7. The zero-order valence-corrected chi connectivity index (χ0v) is 10.7. The Bertz CT molecular complexity index is 497. The SMILES string of the molecule is O=C(O)CCCc1cccc2c1O[C@H]1CC(O)C[C@@H]21. The van der Waals surface area contributed by atoms with E-state index in [9.17, 15) is 9.90 Å². The number of carboxylic acid groups (broad SMARTS) is 1. The molecule has 1 heterocycles. The van der Waals surface area contributed by atoms with Gasteiger partial charge in [-0.25, -0.2) is 0 Å². The van der Waals surface area contributed by atoms with Crippen molar-refractivity contribution in [3.05, 3.63) is 29.3 Å². The molecule has 1 fully saturated rings. The molecule has 0 amide bonds. The molecule has 0 aromatic heterocycles. The van der Waals surface area contributed by atoms with Gasteiger partial charge in [0, 0.05) is 24.3 Å². The predicted molar refractivity (Wildman–Crippen MR) is 69.4 cm³/mol. The van der Waals surface area contributed by atoms with Crippen LogP contribution in [0, 0.1) is 0 Å². The van der Waals surface area contributed by atoms with Crippen LogP contribution in [0.5, 0.6) is 5.75 Å². The van der Waals surface area contributed by atoms with Gasteiger partial charge in [0.05, 0.1) is 6.10 Å². The Morgan fingerprint density at radius 1 is 1.37 bits per heavy atom. The van der Waals surface area contributed by atoms with Gasteiger partial charge in [0.15, 0.2) is 0 Å². The number of aliphatic hydroxyl groups excluding tert-OH is 1. The highest BCUT2D eigenvalue weighted by atomic mass is 16.5. The summed E-state index contributed by atoms with van der Waals surface area (Å²) in [6.07, 6.45) is 2.88. The van der Waals surface area contributed by atoms with Crippen molar-refractivity contribution in [3.63, 3.8) is 0 Å². The van der Waals surface area contributed by atoms with Gasteiger partial charge in [0.25, 0.3) is 0 Å². The quantitative estimate of drug-likeness (QED) is 0.872. The first kappa shape index (κ1) is 12.5. The number of fused-ring (bicyclic) bond motifs is 3. The summed E-state index contributed by atoms with van der Waals surface area (Å²) in [7, 11) is 0. The van der Waals surface area contributed by atoms with Crippen LogP contribution in [-0.2, 0) is 11.2 Å². The fourth-order valence-electron chi connectivity index (χ4n) is 3.25. The van der Waals surface area contributed by atoms with E-state index in [1.807, 2.05) is 12.1 Å². The van der Waals surface area contributed by atoms with Crippen molar-refractivity contribution in [2.24, 2.45) is 0 Å². The molecule has 0 bridgehead atoms. The molecule has 102 valence electrons. The highest BCUT2D eigenvalue weighted by Gasteiger charge is 2.42. The van der Waals surface area contributed by atoms with Gasteiger partial charge in [-0.15, -0.1) is 0 Å². The fourth-order valence-corrected chi connectivity index (χ4v) is 3.25. The predicted octanol–water partition coefficient (Wildman–Crippen LogP) is 2.09. The van der Waals surface area contributed by atoms with Crippen molar-refractivity contribution >= 4 is 5.97 Å². The third-order valence-electron chi connectivity index (χ3n) is 4.11. The van der Waals surface area contributed by atoms with E-state index >= 15 is 0 Å². The Balaban J connectivity index is 1.77. The third-order valence-corrected chi connectivity index (χ3v) is 4.11. The number of aryl methyl sites for hydroxylation is 1. The number of benzene rings is 1. The average Bonchev–Trinajstić information content (AvgIpc) is 2.85. The standard InChI is InChI=1S/C15H18O4/c16-10-7-12-11-5-1-3-9(4-2-6-14(17)18)15(11)19-13(12)8-10/h1,3,5,10,12-13,16H,2,4,6-8H2,(H,17,18)/t10?,12-,13-/m0/s1. The van der Waals surface area contributed by atoms with Crippen molar-refractivity contribution in [3.8, 4) is 5.75 Å². The number of hydrogen-bond acceptors (Lipinski definition) is 3. The maximum absolute atomic E-state index is 10.6. The highest BCUT2D eigenvalue weighted by molar-refractivity contribution is 5.66. The molecule has 4 heteroatoms. The first-order valence-corrected chi connectivity index (χ1v) is 6.83. The molecule has 3 rings (SSSR count). The van der Waals surface area contributed by atoms with Crippen LogP contribution in [0.3, 0.4) is 0 Å². The van der Waals surface area contributed by atoms with E-state index in [-0.39, 0.29) is 18.6 Å². The van der Waals surface area contributed by atoms with Gasteiger partial charge < -0.3 is 14.9 Å². The molecule has 0 spiro atoms. The van der Waals surface area contributed by atoms with E-state index in [4.69, 9.17) is 9.84 Å². The molecule has 1 saturated carbocycles. The number of hydrogen-bond donors (Lipinski definition) is 2. The van der Waals surface area contributed by atoms with E-state index < -0.39 is 5.97 Å². The Morgan fingerprint density at radius 2 is 2.21 bits per heavy atom. The minimum Gasteiger partial charge on any atom is -0.489 e. The lowest BCUT2D eigenvalue weighted by Crippen LogP contribution is -2.12. The molecule has 3 atom stereocenters. The van der Waals surface area contributed by atoms with Gasteiger partial charge in [-0.2, -0.15) is 0 Å². The van der Waals surface area contributed by atoms with E-state index in [0.717, 1.165) is 24.2 Å². The number of carbonyl (C=O) groups is 1. The molecule has 19 heavy (non-hydrogen) atoms. The molecular weight excluding hydrogens is 244 g/mol. The maximum Gasteiger partial charge on any atom is 0.303 e. The number of rotatable bonds is 4. The second kappa shape index (κ2) is 4.85. The van der Waals surface area contributed by atoms with Gasteiger partial charge in [0.1, 0.15) is 11.9 Å². The number of para-hydroxylation sites is 1. The minimum atomic E-state index is -0.756. The molecule has 1 aliphatic carbocycles. The summed E-state index contributed by atoms with van der Waals surface area (Å²) in [4.78, 5) is 10.6. The van der Waals surface area contributed by atoms with Gasteiger partial charge >= 0.3 is 5.97 Å². The van der Waals surface area contributed by atoms with Crippen LogP contribution in [-0.4, -0.2) is 28.4 Å². The topological polar surface area (TPSA) is 66.8 Å². The van der Waals surface area contributed by atoms with Crippen LogP contribution in [0.15, 0.2) is 18.2 Å². The van der Waals surface area contributed by atoms with Crippen LogP contribution in [0.25, 0.3) is 0 Å². The first-order valence-electron chi connectivity index (χ1n) is 6.83. The zero-order valence-electron chi connectivity index (χ0n) is 10.7. The van der Waals surface area contributed by atoms with E-state index in [0.29, 0.717) is 18.8 Å². The van der Waals surface area contributed by atoms with Crippen molar-refractivity contribution in [1.82, 2.24) is 0 Å². The van der Waals surface area contributed by atoms with Crippen LogP contribution >= 0.6 is 0 Å². The molecular formula is C15H18O4. The van der Waals surface area contributed by atoms with E-state index in [2.05, 4.69) is 6.07 Å². The fraction of sp³-hybridized carbons (Fsp3) is 0.533. The second-order valence-electron chi connectivity index (χ2n) is 5.47. The van der Waals surface area contributed by atoms with Crippen molar-refractivity contribution in [2.45, 2.75) is 50.2 Å². The second-order valence-corrected chi connectivity index (χ2v) is 5.47. The van der Waals surface area contributed by atoms with E-state index in [1.54, 1.807) is 0 Å². The molecule has 4 nitrogen and oxygen atoms in total. The Kier molecular flexibility index (Phi) is 3.19. The average molecular weight is 262 g/mol. The minimum absolute atomic E-state index is 0.102. The summed E-state index contributed by atoms with van der Waals surface area (Å²) in [6, 6.07) is 6.09. The molecule has 1 aromatic rings. The first-order chi connectivity index (χ1) is 9.15. The summed E-state index contributed by atoms with van der Waals surface area (Å²) >= 11 is 0. The largest absolute Gasteiger partial charge is 0.489 e. The van der Waals surface area contributed by atoms with Gasteiger partial charge in [-0.1, -0.05) is 18.2 Å². The summed E-state index contributed by atoms with van der Waals surface area (Å²) in [5.41, 5.74) is 2.29. The third kappa shape index (κ3) is 2.32. The number of carboxylic acids is 1. The molecule has 0 radical (unpaired) electrons. The number of ether oxygens (including phenoxy) is 1. The number of aliphatic hydroxyl groups is 1. The summed E-state index contributed by atoms with van der Waals surface area (Å²) in [5, 5.41) is 18.4. The smallest absolute Gasteiger partial charge is 0.303 e. The summed E-state index contributed by atoms with van der Waals surface area (Å²) in [6.45, 7) is 0. The zero-order chi connectivity index (χ0) is 13.4. The maximum atomic E-state index is 10.6. The summed E-state index contributed by atoms with van der Waals surface area (Å²) in [5.74, 6) is 0.493. The van der Waals surface area contributed by atoms with Crippen LogP contribution in [0.2, 0.25) is 0 Å². The van der Waals surface area contributed by atoms with Crippen LogP contribution < -0.4 is 4.74 Å². The van der Waals surface area contributed by atoms with Gasteiger partial charge in [0.2, 0.25) is 0 Å². The summed E-state index contributed by atoms with van der Waals surface area (Å²) < 4.78 is 5.98. The molecule has 1 aromatic carbocycles. The van der Waals surface area contributed by atoms with E-state index in [1.165, 1.54) is 5.56 Å². The molecule has 2 aliphatic rings. The molecule has 1 aliphatic heterocycles. The Hall–Kier alpha value is -1.55. The van der Waals surface area contributed by atoms with Crippen LogP contribution in [0.4, 0.5) is 0 Å². The lowest BCUT2D eigenvalue weighted by molar-refractivity contribution is -0.137. The monoisotopic (exact) mass is 262 g/mol. The van der Waals surface area contributed by atoms with Gasteiger partial charge in [-0.05, 0) is 24.8 Å². The Labute approximate surface area is 112 Å². The Morgan fingerprint density at radius 3 is 3.00 bits per heavy atom. The lowest BCUT2D eigenvalue weighted by Gasteiger charge is -2.11. The molecule has 1 unspecified atom stereocenters. The number of aliphatic carboxylic acids is 1. The lowest BCUT2D eigenvalue weighted by atomic mass is 9.94. The molecule has 2 N–H and O–H groups in total. The van der Waals surface area contributed by atoms with Crippen molar-refractivity contribution in [1.29, 1.82) is 0 Å². The van der Waals surface area contributed by atoms with Crippen LogP contribution in [0.1, 0.15) is 42.7 Å². The van der Waals surface area contributed by atoms with Crippen molar-refractivity contribution in [2.75, 3.05) is 0 Å². The highest BCUT2D eigenvalue weighted by Crippen LogP contribution is 2.48. The van der Waals surface area contributed by atoms with Crippen molar-refractivity contribution < 1.29 is 19.7 Å². The molecule has 0 saturated heterocycles.